The molecule has 5 rings (SSSR count). The summed E-state index contributed by atoms with van der Waals surface area (Å²) in [5.74, 6) is -0.439. The first kappa shape index (κ1) is 25.9. The average molecular weight is 552 g/mol. The van der Waals surface area contributed by atoms with E-state index in [4.69, 9.17) is 4.74 Å². The first-order valence-corrected chi connectivity index (χ1v) is 15.0. The van der Waals surface area contributed by atoms with E-state index in [1.54, 1.807) is 24.6 Å². The maximum atomic E-state index is 13.0. The van der Waals surface area contributed by atoms with Crippen molar-refractivity contribution in [3.63, 3.8) is 0 Å². The summed E-state index contributed by atoms with van der Waals surface area (Å²) in [6.07, 6.45) is 4.87. The largest absolute Gasteiger partial charge is 0.462 e. The highest BCUT2D eigenvalue weighted by Crippen LogP contribution is 2.41. The van der Waals surface area contributed by atoms with Gasteiger partial charge in [-0.15, -0.1) is 22.7 Å². The summed E-state index contributed by atoms with van der Waals surface area (Å²) in [5.41, 5.74) is 4.66. The molecule has 1 aliphatic carbocycles. The molecule has 0 fully saturated rings. The molecule has 9 heteroatoms. The summed E-state index contributed by atoms with van der Waals surface area (Å²) in [6, 6.07) is 8.21. The normalized spacial score (nSPS) is 13.1. The summed E-state index contributed by atoms with van der Waals surface area (Å²) >= 11 is 4.49. The first-order valence-electron chi connectivity index (χ1n) is 12.3. The second-order valence-electron chi connectivity index (χ2n) is 9.95. The van der Waals surface area contributed by atoms with Crippen molar-refractivity contribution in [2.75, 3.05) is 17.7 Å². The molecule has 192 valence electrons. The molecule has 1 amide bonds. The van der Waals surface area contributed by atoms with Crippen molar-refractivity contribution < 1.29 is 14.3 Å². The minimum atomic E-state index is -0.437. The van der Waals surface area contributed by atoms with Crippen LogP contribution in [0.15, 0.2) is 41.0 Å². The molecule has 0 unspecified atom stereocenters. The number of fused-ring (bicyclic) bond motifs is 3. The van der Waals surface area contributed by atoms with Gasteiger partial charge in [-0.1, -0.05) is 56.8 Å². The summed E-state index contributed by atoms with van der Waals surface area (Å²) < 4.78 is 5.36. The number of nitrogens with zero attached hydrogens (tertiary/aromatic N) is 2. The molecule has 0 bridgehead atoms. The average Bonchev–Trinajstić information content (AvgIpc) is 3.57. The molecular weight excluding hydrogens is 523 g/mol. The van der Waals surface area contributed by atoms with Gasteiger partial charge in [0.1, 0.15) is 26.7 Å². The van der Waals surface area contributed by atoms with Gasteiger partial charge in [0.2, 0.25) is 5.91 Å². The highest BCUT2D eigenvalue weighted by Gasteiger charge is 2.25. The van der Waals surface area contributed by atoms with E-state index < -0.39 is 5.97 Å². The summed E-state index contributed by atoms with van der Waals surface area (Å²) in [5, 5.41) is 7.31. The fraction of sp³-hybridized carbons (Fsp3) is 0.357. The second-order valence-corrected chi connectivity index (χ2v) is 12.9. The van der Waals surface area contributed by atoms with Crippen LogP contribution in [0.3, 0.4) is 0 Å². The highest BCUT2D eigenvalue weighted by atomic mass is 32.2. The predicted octanol–water partition coefficient (Wildman–Crippen LogP) is 7.11. The maximum Gasteiger partial charge on any atom is 0.341 e. The van der Waals surface area contributed by atoms with Gasteiger partial charge in [0, 0.05) is 21.2 Å². The van der Waals surface area contributed by atoms with Crippen LogP contribution >= 0.6 is 34.4 Å². The van der Waals surface area contributed by atoms with Gasteiger partial charge in [0.15, 0.2) is 0 Å². The van der Waals surface area contributed by atoms with Gasteiger partial charge in [0.25, 0.3) is 0 Å². The molecular formula is C28H29N3O3S3. The predicted molar refractivity (Wildman–Crippen MR) is 153 cm³/mol. The lowest BCUT2D eigenvalue weighted by Crippen LogP contribution is -2.16. The smallest absolute Gasteiger partial charge is 0.341 e. The third kappa shape index (κ3) is 5.30. The zero-order valence-electron chi connectivity index (χ0n) is 21.3. The number of amides is 1. The van der Waals surface area contributed by atoms with Crippen LogP contribution in [0.1, 0.15) is 60.5 Å². The van der Waals surface area contributed by atoms with E-state index >= 15 is 0 Å². The van der Waals surface area contributed by atoms with Crippen LogP contribution in [0, 0.1) is 0 Å². The molecule has 0 atom stereocenters. The molecule has 0 saturated carbocycles. The Labute approximate surface area is 228 Å². The number of aryl methyl sites for hydroxylation is 2. The molecule has 1 N–H and O–H groups in total. The van der Waals surface area contributed by atoms with Crippen LogP contribution in [0.4, 0.5) is 5.00 Å². The Kier molecular flexibility index (Phi) is 7.38. The van der Waals surface area contributed by atoms with E-state index in [-0.39, 0.29) is 23.7 Å². The summed E-state index contributed by atoms with van der Waals surface area (Å²) in [6.45, 7) is 8.54. The molecule has 3 aromatic heterocycles. The Morgan fingerprint density at radius 2 is 1.92 bits per heavy atom. The number of aromatic nitrogens is 2. The second kappa shape index (κ2) is 10.6. The molecule has 4 aromatic rings. The summed E-state index contributed by atoms with van der Waals surface area (Å²) in [7, 11) is 0. The van der Waals surface area contributed by atoms with Gasteiger partial charge >= 0.3 is 5.97 Å². The Morgan fingerprint density at radius 1 is 1.14 bits per heavy atom. The fourth-order valence-corrected chi connectivity index (χ4v) is 7.62. The number of ether oxygens (including phenoxy) is 1. The Morgan fingerprint density at radius 3 is 2.65 bits per heavy atom. The Hall–Kier alpha value is -2.75. The number of carbonyl (C=O) groups is 2. The first-order chi connectivity index (χ1) is 17.8. The molecule has 6 nitrogen and oxygen atoms in total. The van der Waals surface area contributed by atoms with Crippen molar-refractivity contribution in [3.8, 4) is 11.1 Å². The zero-order valence-corrected chi connectivity index (χ0v) is 23.8. The van der Waals surface area contributed by atoms with Crippen LogP contribution < -0.4 is 5.32 Å². The van der Waals surface area contributed by atoms with Gasteiger partial charge in [-0.2, -0.15) is 0 Å². The highest BCUT2D eigenvalue weighted by molar-refractivity contribution is 8.00. The van der Waals surface area contributed by atoms with Crippen molar-refractivity contribution in [3.05, 3.63) is 57.5 Å². The lowest BCUT2D eigenvalue weighted by atomic mass is 9.86. The number of nitrogens with one attached hydrogen (secondary N) is 1. The maximum absolute atomic E-state index is 13.0. The molecule has 1 aliphatic rings. The molecule has 0 spiro atoms. The van der Waals surface area contributed by atoms with Crippen molar-refractivity contribution in [2.24, 2.45) is 0 Å². The van der Waals surface area contributed by atoms with E-state index in [1.165, 1.54) is 39.1 Å². The van der Waals surface area contributed by atoms with Crippen molar-refractivity contribution in [1.82, 2.24) is 9.97 Å². The number of thioether (sulfide) groups is 1. The topological polar surface area (TPSA) is 81.2 Å². The van der Waals surface area contributed by atoms with E-state index in [1.807, 2.05) is 17.5 Å². The van der Waals surface area contributed by atoms with Gasteiger partial charge in [-0.05, 0) is 48.3 Å². The van der Waals surface area contributed by atoms with E-state index in [0.29, 0.717) is 10.6 Å². The number of esters is 1. The Bertz CT molecular complexity index is 1470. The SMILES string of the molecule is CCOC(=O)c1c(-c2ccc(C(C)(C)C)cc2)csc1NC(=O)CSc1ncnc2sc3c(c12)CCC3. The van der Waals surface area contributed by atoms with Crippen LogP contribution in [0.5, 0.6) is 0 Å². The van der Waals surface area contributed by atoms with E-state index in [0.717, 1.165) is 45.6 Å². The van der Waals surface area contributed by atoms with Crippen LogP contribution in [0.25, 0.3) is 21.3 Å². The molecule has 3 heterocycles. The molecule has 0 radical (unpaired) electrons. The number of carbonyl (C=O) groups excluding carboxylic acids is 2. The fourth-order valence-electron chi connectivity index (χ4n) is 4.52. The third-order valence-electron chi connectivity index (χ3n) is 6.39. The number of rotatable bonds is 7. The molecule has 1 aromatic carbocycles. The van der Waals surface area contributed by atoms with Crippen LogP contribution in [-0.2, 0) is 27.8 Å². The van der Waals surface area contributed by atoms with Crippen molar-refractivity contribution in [2.45, 2.75) is 57.4 Å². The minimum Gasteiger partial charge on any atom is -0.462 e. The van der Waals surface area contributed by atoms with Gasteiger partial charge in [-0.25, -0.2) is 14.8 Å². The van der Waals surface area contributed by atoms with E-state index in [2.05, 4.69) is 48.2 Å². The standard InChI is InChI=1S/C28H29N3O3S3/c1-5-34-27(33)23-19(16-9-11-17(12-10-16)28(2,3)4)13-35-26(23)31-21(32)14-36-24-22-18-7-6-8-20(18)37-25(22)30-15-29-24/h9-13,15H,5-8,14H2,1-4H3,(H,31,32). The lowest BCUT2D eigenvalue weighted by molar-refractivity contribution is -0.113. The van der Waals surface area contributed by atoms with Gasteiger partial charge in [0.05, 0.1) is 12.4 Å². The minimum absolute atomic E-state index is 0.0340. The van der Waals surface area contributed by atoms with Gasteiger partial charge < -0.3 is 10.1 Å². The molecule has 37 heavy (non-hydrogen) atoms. The molecule has 0 saturated heterocycles. The monoisotopic (exact) mass is 551 g/mol. The van der Waals surface area contributed by atoms with Crippen molar-refractivity contribution in [1.29, 1.82) is 0 Å². The van der Waals surface area contributed by atoms with Crippen LogP contribution in [0.2, 0.25) is 0 Å². The zero-order chi connectivity index (χ0) is 26.2. The quantitative estimate of drug-likeness (QED) is 0.150. The van der Waals surface area contributed by atoms with E-state index in [9.17, 15) is 9.59 Å². The number of anilines is 1. The Balaban J connectivity index is 1.36. The van der Waals surface area contributed by atoms with Crippen LogP contribution in [-0.4, -0.2) is 34.2 Å². The number of hydrogen-bond donors (Lipinski definition) is 1. The number of hydrogen-bond acceptors (Lipinski definition) is 8. The summed E-state index contributed by atoms with van der Waals surface area (Å²) in [4.78, 5) is 37.3. The van der Waals surface area contributed by atoms with Gasteiger partial charge in [-0.3, -0.25) is 4.79 Å². The lowest BCUT2D eigenvalue weighted by Gasteiger charge is -2.19. The third-order valence-corrected chi connectivity index (χ3v) is 9.48. The number of thiophene rings is 2. The number of benzene rings is 1. The van der Waals surface area contributed by atoms with Crippen molar-refractivity contribution >= 4 is 61.5 Å². The molecule has 0 aliphatic heterocycles.